The summed E-state index contributed by atoms with van der Waals surface area (Å²) in [6.07, 6.45) is 1.15. The summed E-state index contributed by atoms with van der Waals surface area (Å²) in [5.74, 6) is -0.729. The van der Waals surface area contributed by atoms with Gasteiger partial charge in [0.2, 0.25) is 5.91 Å². The SMILES string of the molecule is NC(=O)c1ccnc(S(N)(=O)=O)c1. The van der Waals surface area contributed by atoms with E-state index in [2.05, 4.69) is 4.98 Å². The first-order chi connectivity index (χ1) is 5.91. The minimum Gasteiger partial charge on any atom is -0.366 e. The third-order valence-corrected chi connectivity index (χ3v) is 2.12. The lowest BCUT2D eigenvalue weighted by Gasteiger charge is -1.98. The minimum absolute atomic E-state index is 0.0547. The van der Waals surface area contributed by atoms with Gasteiger partial charge in [-0.05, 0) is 12.1 Å². The number of primary amides is 1. The van der Waals surface area contributed by atoms with Crippen LogP contribution < -0.4 is 10.9 Å². The van der Waals surface area contributed by atoms with Crippen LogP contribution in [0.4, 0.5) is 0 Å². The van der Waals surface area contributed by atoms with E-state index < -0.39 is 15.9 Å². The van der Waals surface area contributed by atoms with Gasteiger partial charge in [0, 0.05) is 11.8 Å². The summed E-state index contributed by atoms with van der Waals surface area (Å²) in [6.45, 7) is 0. The molecule has 7 heteroatoms. The Hall–Kier alpha value is -1.47. The van der Waals surface area contributed by atoms with E-state index in [-0.39, 0.29) is 10.6 Å². The molecule has 6 nitrogen and oxygen atoms in total. The van der Waals surface area contributed by atoms with Crippen molar-refractivity contribution in [1.82, 2.24) is 4.98 Å². The third-order valence-electron chi connectivity index (χ3n) is 1.31. The molecule has 0 atom stereocenters. The van der Waals surface area contributed by atoms with Gasteiger partial charge in [0.05, 0.1) is 0 Å². The van der Waals surface area contributed by atoms with E-state index in [1.165, 1.54) is 6.07 Å². The molecule has 0 saturated carbocycles. The Morgan fingerprint density at radius 1 is 1.46 bits per heavy atom. The number of sulfonamides is 1. The maximum Gasteiger partial charge on any atom is 0.255 e. The van der Waals surface area contributed by atoms with Crippen LogP contribution >= 0.6 is 0 Å². The molecule has 1 rings (SSSR count). The molecule has 1 amide bonds. The lowest BCUT2D eigenvalue weighted by molar-refractivity contribution is 0.1000. The van der Waals surface area contributed by atoms with Crippen molar-refractivity contribution < 1.29 is 13.2 Å². The van der Waals surface area contributed by atoms with Gasteiger partial charge >= 0.3 is 0 Å². The number of carbonyl (C=O) groups is 1. The second kappa shape index (κ2) is 3.11. The van der Waals surface area contributed by atoms with Crippen molar-refractivity contribution in [2.45, 2.75) is 5.03 Å². The van der Waals surface area contributed by atoms with Crippen molar-refractivity contribution in [3.63, 3.8) is 0 Å². The largest absolute Gasteiger partial charge is 0.366 e. The van der Waals surface area contributed by atoms with E-state index in [0.717, 1.165) is 12.3 Å². The molecule has 0 aliphatic carbocycles. The van der Waals surface area contributed by atoms with Crippen LogP contribution in [-0.4, -0.2) is 19.3 Å². The molecule has 1 heterocycles. The molecule has 0 bridgehead atoms. The van der Waals surface area contributed by atoms with E-state index in [4.69, 9.17) is 10.9 Å². The molecule has 0 saturated heterocycles. The monoisotopic (exact) mass is 201 g/mol. The number of nitrogens with two attached hydrogens (primary N) is 2. The Morgan fingerprint density at radius 2 is 2.08 bits per heavy atom. The Bertz CT molecular complexity index is 440. The molecule has 13 heavy (non-hydrogen) atoms. The molecular weight excluding hydrogens is 194 g/mol. The maximum atomic E-state index is 10.8. The standard InChI is InChI=1S/C6H7N3O3S/c7-6(10)4-1-2-9-5(3-4)13(8,11)12/h1-3H,(H2,7,10)(H2,8,11,12). The Balaban J connectivity index is 3.29. The topological polar surface area (TPSA) is 116 Å². The fourth-order valence-corrected chi connectivity index (χ4v) is 1.22. The molecule has 0 aromatic carbocycles. The van der Waals surface area contributed by atoms with E-state index >= 15 is 0 Å². The number of rotatable bonds is 2. The molecule has 0 radical (unpaired) electrons. The summed E-state index contributed by atoms with van der Waals surface area (Å²) < 4.78 is 21.5. The molecular formula is C6H7N3O3S. The van der Waals surface area contributed by atoms with Gasteiger partial charge < -0.3 is 5.73 Å². The van der Waals surface area contributed by atoms with Gasteiger partial charge in [-0.1, -0.05) is 0 Å². The van der Waals surface area contributed by atoms with Crippen LogP contribution in [0.5, 0.6) is 0 Å². The van der Waals surface area contributed by atoms with E-state index in [1.807, 2.05) is 0 Å². The van der Waals surface area contributed by atoms with Crippen LogP contribution in [0.2, 0.25) is 0 Å². The molecule has 0 spiro atoms. The molecule has 70 valence electrons. The summed E-state index contributed by atoms with van der Waals surface area (Å²) in [4.78, 5) is 14.1. The summed E-state index contributed by atoms with van der Waals surface area (Å²) in [6, 6.07) is 2.33. The predicted octanol–water partition coefficient (Wildman–Crippen LogP) is -1.17. The first kappa shape index (κ1) is 9.62. The Labute approximate surface area is 74.6 Å². The summed E-state index contributed by atoms with van der Waals surface area (Å²) in [5.41, 5.74) is 4.98. The number of aromatic nitrogens is 1. The van der Waals surface area contributed by atoms with Crippen LogP contribution in [0.15, 0.2) is 23.4 Å². The number of primary sulfonamides is 1. The molecule has 4 N–H and O–H groups in total. The van der Waals surface area contributed by atoms with Crippen LogP contribution in [0, 0.1) is 0 Å². The van der Waals surface area contributed by atoms with Crippen molar-refractivity contribution >= 4 is 15.9 Å². The Kier molecular flexibility index (Phi) is 2.30. The first-order valence-electron chi connectivity index (χ1n) is 3.20. The quantitative estimate of drug-likeness (QED) is 0.626. The highest BCUT2D eigenvalue weighted by Crippen LogP contribution is 2.04. The van der Waals surface area contributed by atoms with Crippen molar-refractivity contribution in [1.29, 1.82) is 0 Å². The molecule has 1 aromatic heterocycles. The highest BCUT2D eigenvalue weighted by Gasteiger charge is 2.11. The number of carbonyl (C=O) groups excluding carboxylic acids is 1. The lowest BCUT2D eigenvalue weighted by atomic mass is 10.3. The lowest BCUT2D eigenvalue weighted by Crippen LogP contribution is -2.16. The number of pyridine rings is 1. The van der Waals surface area contributed by atoms with Gasteiger partial charge in [-0.2, -0.15) is 0 Å². The van der Waals surface area contributed by atoms with Crippen molar-refractivity contribution in [2.75, 3.05) is 0 Å². The number of nitrogens with zero attached hydrogens (tertiary/aromatic N) is 1. The fraction of sp³-hybridized carbons (Fsp3) is 0. The van der Waals surface area contributed by atoms with Crippen LogP contribution in [0.3, 0.4) is 0 Å². The average Bonchev–Trinajstić information content (AvgIpc) is 2.03. The fourth-order valence-electron chi connectivity index (χ4n) is 0.718. The zero-order valence-corrected chi connectivity index (χ0v) is 7.28. The minimum atomic E-state index is -3.88. The average molecular weight is 201 g/mol. The summed E-state index contributed by atoms with van der Waals surface area (Å²) >= 11 is 0. The van der Waals surface area contributed by atoms with Gasteiger partial charge in [0.1, 0.15) is 0 Å². The van der Waals surface area contributed by atoms with Gasteiger partial charge in [-0.15, -0.1) is 0 Å². The van der Waals surface area contributed by atoms with Crippen molar-refractivity contribution in [2.24, 2.45) is 10.9 Å². The van der Waals surface area contributed by atoms with Gasteiger partial charge in [-0.25, -0.2) is 18.5 Å². The number of hydrogen-bond acceptors (Lipinski definition) is 4. The molecule has 0 aliphatic heterocycles. The summed E-state index contributed by atoms with van der Waals surface area (Å²) in [5, 5.41) is 4.41. The second-order valence-corrected chi connectivity index (χ2v) is 3.80. The van der Waals surface area contributed by atoms with Crippen LogP contribution in [-0.2, 0) is 10.0 Å². The van der Waals surface area contributed by atoms with Crippen LogP contribution in [0.25, 0.3) is 0 Å². The smallest absolute Gasteiger partial charge is 0.255 e. The third kappa shape index (κ3) is 2.23. The number of amides is 1. The predicted molar refractivity (Wildman–Crippen MR) is 44.1 cm³/mol. The van der Waals surface area contributed by atoms with Gasteiger partial charge in [0.25, 0.3) is 10.0 Å². The van der Waals surface area contributed by atoms with Crippen molar-refractivity contribution in [3.05, 3.63) is 23.9 Å². The highest BCUT2D eigenvalue weighted by atomic mass is 32.2. The Morgan fingerprint density at radius 3 is 2.54 bits per heavy atom. The molecule has 1 aromatic rings. The molecule has 0 aliphatic rings. The molecule has 0 fully saturated rings. The highest BCUT2D eigenvalue weighted by molar-refractivity contribution is 7.89. The van der Waals surface area contributed by atoms with E-state index in [0.29, 0.717) is 0 Å². The number of hydrogen-bond donors (Lipinski definition) is 2. The van der Waals surface area contributed by atoms with Gasteiger partial charge in [-0.3, -0.25) is 4.79 Å². The zero-order valence-electron chi connectivity index (χ0n) is 6.47. The van der Waals surface area contributed by atoms with E-state index in [9.17, 15) is 13.2 Å². The zero-order chi connectivity index (χ0) is 10.1. The normalized spacial score (nSPS) is 11.2. The first-order valence-corrected chi connectivity index (χ1v) is 4.74. The second-order valence-electron chi connectivity index (χ2n) is 2.29. The molecule has 0 unspecified atom stereocenters. The van der Waals surface area contributed by atoms with E-state index in [1.54, 1.807) is 0 Å². The summed E-state index contributed by atoms with van der Waals surface area (Å²) in [7, 11) is -3.88. The van der Waals surface area contributed by atoms with Crippen LogP contribution in [0.1, 0.15) is 10.4 Å². The van der Waals surface area contributed by atoms with Crippen molar-refractivity contribution in [3.8, 4) is 0 Å². The van der Waals surface area contributed by atoms with Gasteiger partial charge in [0.15, 0.2) is 5.03 Å². The maximum absolute atomic E-state index is 10.8.